The molecule has 0 heterocycles. The highest BCUT2D eigenvalue weighted by Crippen LogP contribution is 2.35. The van der Waals surface area contributed by atoms with Gasteiger partial charge in [-0.3, -0.25) is 0 Å². The van der Waals surface area contributed by atoms with Crippen LogP contribution in [-0.4, -0.2) is 22.4 Å². The second-order valence-electron chi connectivity index (χ2n) is 4.33. The number of phenolic OH excluding ortho intramolecular Hbond substituents is 3. The standard InChI is InChI=1S/C15H16O4/c1-19-12-6-4-10(5-7-12)2-3-11-8-13(16)15(18)14(17)9-11/h4-9,16-18H,2-3H2,1H3. The largest absolute Gasteiger partial charge is 0.504 e. The third-order valence-electron chi connectivity index (χ3n) is 2.99. The van der Waals surface area contributed by atoms with Gasteiger partial charge in [-0.05, 0) is 48.2 Å². The van der Waals surface area contributed by atoms with E-state index in [4.69, 9.17) is 4.74 Å². The van der Waals surface area contributed by atoms with Gasteiger partial charge in [0.1, 0.15) is 5.75 Å². The Bertz CT molecular complexity index is 538. The molecule has 4 nitrogen and oxygen atoms in total. The Hall–Kier alpha value is -2.36. The van der Waals surface area contributed by atoms with Gasteiger partial charge in [0.25, 0.3) is 0 Å². The van der Waals surface area contributed by atoms with E-state index in [0.717, 1.165) is 23.3 Å². The van der Waals surface area contributed by atoms with Crippen LogP contribution in [0.25, 0.3) is 0 Å². The Kier molecular flexibility index (Phi) is 3.80. The van der Waals surface area contributed by atoms with Crippen LogP contribution in [0.3, 0.4) is 0 Å². The lowest BCUT2D eigenvalue weighted by atomic mass is 10.0. The molecular weight excluding hydrogens is 244 g/mol. The molecule has 0 saturated carbocycles. The topological polar surface area (TPSA) is 69.9 Å². The summed E-state index contributed by atoms with van der Waals surface area (Å²) in [6, 6.07) is 10.6. The Morgan fingerprint density at radius 2 is 1.37 bits per heavy atom. The van der Waals surface area contributed by atoms with E-state index in [0.29, 0.717) is 6.42 Å². The summed E-state index contributed by atoms with van der Waals surface area (Å²) in [5, 5.41) is 28.1. The van der Waals surface area contributed by atoms with Crippen molar-refractivity contribution in [3.05, 3.63) is 47.5 Å². The van der Waals surface area contributed by atoms with Crippen molar-refractivity contribution in [3.63, 3.8) is 0 Å². The summed E-state index contributed by atoms with van der Waals surface area (Å²) in [6.45, 7) is 0. The molecule has 2 aromatic rings. The van der Waals surface area contributed by atoms with Crippen molar-refractivity contribution in [2.24, 2.45) is 0 Å². The third kappa shape index (κ3) is 3.10. The molecule has 19 heavy (non-hydrogen) atoms. The highest BCUT2D eigenvalue weighted by atomic mass is 16.5. The zero-order valence-electron chi connectivity index (χ0n) is 10.6. The van der Waals surface area contributed by atoms with Gasteiger partial charge >= 0.3 is 0 Å². The number of benzene rings is 2. The van der Waals surface area contributed by atoms with Crippen LogP contribution in [0.4, 0.5) is 0 Å². The molecule has 0 aromatic heterocycles. The predicted octanol–water partition coefficient (Wildman–Crippen LogP) is 2.60. The molecular formula is C15H16O4. The van der Waals surface area contributed by atoms with Gasteiger partial charge < -0.3 is 20.1 Å². The molecule has 0 saturated heterocycles. The molecule has 3 N–H and O–H groups in total. The fraction of sp³-hybridized carbons (Fsp3) is 0.200. The van der Waals surface area contributed by atoms with Gasteiger partial charge in [0.15, 0.2) is 17.2 Å². The maximum Gasteiger partial charge on any atom is 0.200 e. The SMILES string of the molecule is COc1ccc(CCc2cc(O)c(O)c(O)c2)cc1. The molecule has 0 atom stereocenters. The van der Waals surface area contributed by atoms with Crippen LogP contribution in [0.1, 0.15) is 11.1 Å². The predicted molar refractivity (Wildman–Crippen MR) is 71.8 cm³/mol. The maximum atomic E-state index is 9.42. The summed E-state index contributed by atoms with van der Waals surface area (Å²) >= 11 is 0. The van der Waals surface area contributed by atoms with Crippen molar-refractivity contribution in [2.75, 3.05) is 7.11 Å². The van der Waals surface area contributed by atoms with Crippen molar-refractivity contribution in [2.45, 2.75) is 12.8 Å². The highest BCUT2D eigenvalue weighted by molar-refractivity contribution is 5.51. The number of hydrogen-bond acceptors (Lipinski definition) is 4. The molecule has 0 spiro atoms. The number of ether oxygens (including phenoxy) is 1. The van der Waals surface area contributed by atoms with Gasteiger partial charge in [0.05, 0.1) is 7.11 Å². The summed E-state index contributed by atoms with van der Waals surface area (Å²) in [4.78, 5) is 0. The fourth-order valence-corrected chi connectivity index (χ4v) is 1.89. The number of methoxy groups -OCH3 is 1. The minimum Gasteiger partial charge on any atom is -0.504 e. The number of aromatic hydroxyl groups is 3. The third-order valence-corrected chi connectivity index (χ3v) is 2.99. The number of rotatable bonds is 4. The highest BCUT2D eigenvalue weighted by Gasteiger charge is 2.08. The molecule has 0 unspecified atom stereocenters. The summed E-state index contributed by atoms with van der Waals surface area (Å²) in [5.74, 6) is -0.272. The van der Waals surface area contributed by atoms with Crippen molar-refractivity contribution in [1.29, 1.82) is 0 Å². The van der Waals surface area contributed by atoms with E-state index in [1.807, 2.05) is 24.3 Å². The second-order valence-corrected chi connectivity index (χ2v) is 4.33. The first kappa shape index (κ1) is 13.1. The van der Waals surface area contributed by atoms with E-state index >= 15 is 0 Å². The smallest absolute Gasteiger partial charge is 0.200 e. The van der Waals surface area contributed by atoms with Crippen LogP contribution in [0.5, 0.6) is 23.0 Å². The Morgan fingerprint density at radius 3 is 1.89 bits per heavy atom. The molecule has 0 aliphatic heterocycles. The molecule has 0 bridgehead atoms. The van der Waals surface area contributed by atoms with E-state index in [2.05, 4.69) is 0 Å². The molecule has 0 aliphatic carbocycles. The molecule has 0 amide bonds. The zero-order chi connectivity index (χ0) is 13.8. The monoisotopic (exact) mass is 260 g/mol. The van der Waals surface area contributed by atoms with Crippen LogP contribution in [-0.2, 0) is 12.8 Å². The average molecular weight is 260 g/mol. The summed E-state index contributed by atoms with van der Waals surface area (Å²) in [5.41, 5.74) is 1.90. The number of phenols is 3. The van der Waals surface area contributed by atoms with E-state index in [9.17, 15) is 15.3 Å². The zero-order valence-corrected chi connectivity index (χ0v) is 10.6. The maximum absolute atomic E-state index is 9.42. The van der Waals surface area contributed by atoms with E-state index in [-0.39, 0.29) is 11.5 Å². The molecule has 0 aliphatic rings. The van der Waals surface area contributed by atoms with Crippen LogP contribution in [0.2, 0.25) is 0 Å². The second kappa shape index (κ2) is 5.52. The molecule has 0 fully saturated rings. The van der Waals surface area contributed by atoms with Crippen LogP contribution in [0, 0.1) is 0 Å². The van der Waals surface area contributed by atoms with Crippen molar-refractivity contribution in [1.82, 2.24) is 0 Å². The van der Waals surface area contributed by atoms with Gasteiger partial charge in [-0.15, -0.1) is 0 Å². The first-order chi connectivity index (χ1) is 9.10. The fourth-order valence-electron chi connectivity index (χ4n) is 1.89. The normalized spacial score (nSPS) is 10.4. The van der Waals surface area contributed by atoms with Crippen molar-refractivity contribution >= 4 is 0 Å². The molecule has 2 rings (SSSR count). The van der Waals surface area contributed by atoms with E-state index in [1.54, 1.807) is 7.11 Å². The first-order valence-corrected chi connectivity index (χ1v) is 5.97. The molecule has 0 radical (unpaired) electrons. The molecule has 2 aromatic carbocycles. The minimum absolute atomic E-state index is 0.301. The lowest BCUT2D eigenvalue weighted by Gasteiger charge is -2.07. The van der Waals surface area contributed by atoms with Gasteiger partial charge in [0, 0.05) is 0 Å². The Balaban J connectivity index is 2.05. The van der Waals surface area contributed by atoms with Gasteiger partial charge in [-0.1, -0.05) is 12.1 Å². The minimum atomic E-state index is -0.479. The van der Waals surface area contributed by atoms with Crippen LogP contribution >= 0.6 is 0 Å². The van der Waals surface area contributed by atoms with E-state index < -0.39 is 5.75 Å². The van der Waals surface area contributed by atoms with Gasteiger partial charge in [-0.2, -0.15) is 0 Å². The van der Waals surface area contributed by atoms with Crippen LogP contribution in [0.15, 0.2) is 36.4 Å². The lowest BCUT2D eigenvalue weighted by Crippen LogP contribution is -1.92. The molecule has 4 heteroatoms. The van der Waals surface area contributed by atoms with Gasteiger partial charge in [-0.25, -0.2) is 0 Å². The van der Waals surface area contributed by atoms with Crippen molar-refractivity contribution < 1.29 is 20.1 Å². The average Bonchev–Trinajstić information content (AvgIpc) is 2.43. The van der Waals surface area contributed by atoms with Crippen molar-refractivity contribution in [3.8, 4) is 23.0 Å². The van der Waals surface area contributed by atoms with Crippen LogP contribution < -0.4 is 4.74 Å². The lowest BCUT2D eigenvalue weighted by molar-refractivity contribution is 0.367. The quantitative estimate of drug-likeness (QED) is 0.739. The summed E-state index contributed by atoms with van der Waals surface area (Å²) in [6.07, 6.45) is 1.43. The first-order valence-electron chi connectivity index (χ1n) is 5.97. The Labute approximate surface area is 111 Å². The summed E-state index contributed by atoms with van der Waals surface area (Å²) in [7, 11) is 1.62. The molecule has 100 valence electrons. The number of aryl methyl sites for hydroxylation is 2. The van der Waals surface area contributed by atoms with Gasteiger partial charge in [0.2, 0.25) is 0 Å². The summed E-state index contributed by atoms with van der Waals surface area (Å²) < 4.78 is 5.08. The van der Waals surface area contributed by atoms with E-state index in [1.165, 1.54) is 12.1 Å². The number of hydrogen-bond donors (Lipinski definition) is 3. The Morgan fingerprint density at radius 1 is 0.842 bits per heavy atom.